The largest absolute Gasteiger partial charge is 0.325 e. The van der Waals surface area contributed by atoms with Gasteiger partial charge < -0.3 is 5.32 Å². The van der Waals surface area contributed by atoms with E-state index in [4.69, 9.17) is 0 Å². The zero-order valence-electron chi connectivity index (χ0n) is 13.5. The first kappa shape index (κ1) is 15.6. The highest BCUT2D eigenvalue weighted by atomic mass is 32.2. The van der Waals surface area contributed by atoms with Crippen molar-refractivity contribution in [2.75, 3.05) is 11.1 Å². The van der Waals surface area contributed by atoms with E-state index in [1.165, 1.54) is 11.8 Å². The van der Waals surface area contributed by atoms with Crippen LogP contribution in [-0.2, 0) is 4.79 Å². The molecule has 0 saturated carbocycles. The Morgan fingerprint density at radius 2 is 1.96 bits per heavy atom. The minimum Gasteiger partial charge on any atom is -0.325 e. The topological polar surface area (TPSA) is 72.2 Å². The lowest BCUT2D eigenvalue weighted by Crippen LogP contribution is -2.14. The Balaban J connectivity index is 1.48. The molecule has 0 saturated heterocycles. The molecule has 0 fully saturated rings. The third-order valence-electron chi connectivity index (χ3n) is 3.73. The van der Waals surface area contributed by atoms with Crippen molar-refractivity contribution in [3.8, 4) is 0 Å². The molecule has 2 aromatic carbocycles. The van der Waals surface area contributed by atoms with Gasteiger partial charge in [-0.3, -0.25) is 4.79 Å². The average molecular weight is 349 g/mol. The molecule has 2 heterocycles. The Bertz CT molecular complexity index is 1060. The summed E-state index contributed by atoms with van der Waals surface area (Å²) in [4.78, 5) is 21.0. The van der Waals surface area contributed by atoms with Crippen molar-refractivity contribution in [3.63, 3.8) is 0 Å². The number of anilines is 1. The minimum atomic E-state index is -0.0873. The number of rotatable bonds is 4. The molecule has 4 aromatic rings. The van der Waals surface area contributed by atoms with Gasteiger partial charge in [0.15, 0.2) is 5.65 Å². The van der Waals surface area contributed by atoms with Crippen LogP contribution in [0.3, 0.4) is 0 Å². The Labute approximate surface area is 148 Å². The second kappa shape index (κ2) is 6.52. The average Bonchev–Trinajstić information content (AvgIpc) is 3.06. The monoisotopic (exact) mass is 349 g/mol. The molecule has 0 bridgehead atoms. The smallest absolute Gasteiger partial charge is 0.234 e. The molecule has 1 amide bonds. The van der Waals surface area contributed by atoms with Crippen LogP contribution in [0.2, 0.25) is 0 Å². The zero-order chi connectivity index (χ0) is 17.2. The van der Waals surface area contributed by atoms with E-state index in [-0.39, 0.29) is 11.7 Å². The molecule has 7 heteroatoms. The first-order valence-electron chi connectivity index (χ1n) is 7.78. The third-order valence-corrected chi connectivity index (χ3v) is 4.57. The van der Waals surface area contributed by atoms with Crippen LogP contribution < -0.4 is 5.32 Å². The van der Waals surface area contributed by atoms with E-state index in [0.717, 1.165) is 27.8 Å². The number of carbonyl (C=O) groups is 1. The molecule has 124 valence electrons. The summed E-state index contributed by atoms with van der Waals surface area (Å²) < 4.78 is 1.64. The number of benzene rings is 2. The van der Waals surface area contributed by atoms with E-state index in [0.29, 0.717) is 5.16 Å². The number of aryl methyl sites for hydroxylation is 1. The molecule has 1 N–H and O–H groups in total. The fraction of sp³-hybridized carbons (Fsp3) is 0.111. The highest BCUT2D eigenvalue weighted by Gasteiger charge is 2.10. The Morgan fingerprint density at radius 3 is 2.80 bits per heavy atom. The quantitative estimate of drug-likeness (QED) is 0.572. The number of fused-ring (bicyclic) bond motifs is 3. The van der Waals surface area contributed by atoms with Crippen molar-refractivity contribution in [1.82, 2.24) is 19.6 Å². The summed E-state index contributed by atoms with van der Waals surface area (Å²) in [6.45, 7) is 2.01. The number of amides is 1. The second-order valence-corrected chi connectivity index (χ2v) is 6.57. The first-order chi connectivity index (χ1) is 12.2. The number of hydrogen-bond acceptors (Lipinski definition) is 5. The maximum atomic E-state index is 12.1. The molecule has 0 radical (unpaired) electrons. The van der Waals surface area contributed by atoms with Crippen LogP contribution in [0.15, 0.2) is 60.0 Å². The molecular formula is C18H15N5OS. The van der Waals surface area contributed by atoms with E-state index in [2.05, 4.69) is 20.4 Å². The summed E-state index contributed by atoms with van der Waals surface area (Å²) in [6, 6.07) is 15.5. The number of hydrogen-bond donors (Lipinski definition) is 1. The van der Waals surface area contributed by atoms with Gasteiger partial charge in [-0.15, -0.1) is 5.10 Å². The Morgan fingerprint density at radius 1 is 1.16 bits per heavy atom. The van der Waals surface area contributed by atoms with Gasteiger partial charge in [-0.25, -0.2) is 14.5 Å². The maximum absolute atomic E-state index is 12.1. The predicted octanol–water partition coefficient (Wildman–Crippen LogP) is 3.32. The first-order valence-corrected chi connectivity index (χ1v) is 8.77. The van der Waals surface area contributed by atoms with Gasteiger partial charge in [0.05, 0.1) is 11.3 Å². The van der Waals surface area contributed by atoms with Crippen molar-refractivity contribution in [3.05, 3.63) is 60.4 Å². The fourth-order valence-corrected chi connectivity index (χ4v) is 3.11. The van der Waals surface area contributed by atoms with E-state index in [9.17, 15) is 4.79 Å². The van der Waals surface area contributed by atoms with E-state index >= 15 is 0 Å². The standard InChI is InChI=1S/C18H15N5OS/c1-12-6-8-13(9-7-12)20-16(24)10-25-18-21-17-14-4-2-3-5-15(14)19-11-23(17)22-18/h2-9,11H,10H2,1H3,(H,20,24). The summed E-state index contributed by atoms with van der Waals surface area (Å²) in [5, 5.41) is 8.74. The molecule has 2 aromatic heterocycles. The van der Waals surface area contributed by atoms with Gasteiger partial charge in [-0.05, 0) is 31.2 Å². The van der Waals surface area contributed by atoms with Crippen LogP contribution in [0.25, 0.3) is 16.6 Å². The maximum Gasteiger partial charge on any atom is 0.234 e. The van der Waals surface area contributed by atoms with E-state index in [1.54, 1.807) is 10.8 Å². The number of thioether (sulfide) groups is 1. The van der Waals surface area contributed by atoms with Crippen LogP contribution in [0.1, 0.15) is 5.56 Å². The van der Waals surface area contributed by atoms with Crippen molar-refractivity contribution in [2.45, 2.75) is 12.1 Å². The Kier molecular flexibility index (Phi) is 4.07. The molecule has 25 heavy (non-hydrogen) atoms. The number of carbonyl (C=O) groups excluding carboxylic acids is 1. The summed E-state index contributed by atoms with van der Waals surface area (Å²) >= 11 is 1.30. The van der Waals surface area contributed by atoms with Gasteiger partial charge in [-0.2, -0.15) is 0 Å². The van der Waals surface area contributed by atoms with E-state index in [1.807, 2.05) is 55.5 Å². The molecular weight excluding hydrogens is 334 g/mol. The fourth-order valence-electron chi connectivity index (χ4n) is 2.49. The minimum absolute atomic E-state index is 0.0873. The molecule has 6 nitrogen and oxygen atoms in total. The molecule has 4 rings (SSSR count). The van der Waals surface area contributed by atoms with Crippen LogP contribution >= 0.6 is 11.8 Å². The van der Waals surface area contributed by atoms with E-state index < -0.39 is 0 Å². The van der Waals surface area contributed by atoms with Gasteiger partial charge in [0.2, 0.25) is 11.1 Å². The summed E-state index contributed by atoms with van der Waals surface area (Å²) in [6.07, 6.45) is 1.64. The number of nitrogens with one attached hydrogen (secondary N) is 1. The lowest BCUT2D eigenvalue weighted by atomic mass is 10.2. The molecule has 0 aliphatic carbocycles. The number of aromatic nitrogens is 4. The second-order valence-electron chi connectivity index (χ2n) is 5.63. The predicted molar refractivity (Wildman–Crippen MR) is 98.8 cm³/mol. The lowest BCUT2D eigenvalue weighted by molar-refractivity contribution is -0.113. The Hall–Kier alpha value is -2.93. The SMILES string of the molecule is Cc1ccc(NC(=O)CSc2nc3c4ccccc4ncn3n2)cc1. The molecule has 0 spiro atoms. The van der Waals surface area contributed by atoms with Crippen LogP contribution in [0.5, 0.6) is 0 Å². The van der Waals surface area contributed by atoms with Crippen LogP contribution in [0, 0.1) is 6.92 Å². The zero-order valence-corrected chi connectivity index (χ0v) is 14.3. The van der Waals surface area contributed by atoms with Crippen molar-refractivity contribution < 1.29 is 4.79 Å². The van der Waals surface area contributed by atoms with Gasteiger partial charge >= 0.3 is 0 Å². The van der Waals surface area contributed by atoms with Gasteiger partial charge in [0, 0.05) is 11.1 Å². The van der Waals surface area contributed by atoms with Crippen molar-refractivity contribution in [1.29, 1.82) is 0 Å². The van der Waals surface area contributed by atoms with Crippen LogP contribution in [0.4, 0.5) is 5.69 Å². The highest BCUT2D eigenvalue weighted by Crippen LogP contribution is 2.20. The summed E-state index contributed by atoms with van der Waals surface area (Å²) in [5.41, 5.74) is 3.56. The highest BCUT2D eigenvalue weighted by molar-refractivity contribution is 7.99. The number of para-hydroxylation sites is 1. The molecule has 0 aliphatic rings. The summed E-state index contributed by atoms with van der Waals surface area (Å²) in [7, 11) is 0. The normalized spacial score (nSPS) is 11.1. The van der Waals surface area contributed by atoms with Crippen LogP contribution in [-0.4, -0.2) is 31.2 Å². The van der Waals surface area contributed by atoms with Crippen molar-refractivity contribution in [2.24, 2.45) is 0 Å². The molecule has 0 aliphatic heterocycles. The van der Waals surface area contributed by atoms with Gasteiger partial charge in [0.25, 0.3) is 0 Å². The van der Waals surface area contributed by atoms with Crippen molar-refractivity contribution >= 4 is 39.9 Å². The summed E-state index contributed by atoms with van der Waals surface area (Å²) in [5.74, 6) is 0.159. The third kappa shape index (κ3) is 3.32. The lowest BCUT2D eigenvalue weighted by Gasteiger charge is -2.04. The van der Waals surface area contributed by atoms with Gasteiger partial charge in [-0.1, -0.05) is 41.6 Å². The number of nitrogens with zero attached hydrogens (tertiary/aromatic N) is 4. The van der Waals surface area contributed by atoms with Gasteiger partial charge in [0.1, 0.15) is 6.33 Å². The molecule has 0 unspecified atom stereocenters. The molecule has 0 atom stereocenters.